The van der Waals surface area contributed by atoms with E-state index in [1.807, 2.05) is 42.5 Å². The number of aryl methyl sites for hydroxylation is 2. The predicted molar refractivity (Wildman–Crippen MR) is 102 cm³/mol. The molecule has 0 aromatic heterocycles. The monoisotopic (exact) mass is 331 g/mol. The van der Waals surface area contributed by atoms with Gasteiger partial charge in [-0.2, -0.15) is 0 Å². The summed E-state index contributed by atoms with van der Waals surface area (Å²) in [6.45, 7) is 4.16. The van der Waals surface area contributed by atoms with Crippen LogP contribution in [0.3, 0.4) is 0 Å². The number of nitrogens with one attached hydrogen (secondary N) is 1. The van der Waals surface area contributed by atoms with Crippen LogP contribution in [0.15, 0.2) is 66.7 Å². The van der Waals surface area contributed by atoms with Crippen molar-refractivity contribution in [1.82, 2.24) is 0 Å². The summed E-state index contributed by atoms with van der Waals surface area (Å²) in [6, 6.07) is 21.3. The lowest BCUT2D eigenvalue weighted by Crippen LogP contribution is -2.12. The molecule has 0 atom stereocenters. The number of hydrogen-bond acceptors (Lipinski definition) is 2. The molecule has 0 saturated heterocycles. The number of methoxy groups -OCH3 is 1. The van der Waals surface area contributed by atoms with E-state index in [1.165, 1.54) is 11.1 Å². The van der Waals surface area contributed by atoms with Gasteiger partial charge in [0.2, 0.25) is 0 Å². The number of carbonyl (C=O) groups excluding carboxylic acids is 1. The van der Waals surface area contributed by atoms with Crippen LogP contribution in [-0.2, 0) is 0 Å². The van der Waals surface area contributed by atoms with E-state index in [0.717, 1.165) is 16.8 Å². The molecule has 3 nitrogen and oxygen atoms in total. The second-order valence-corrected chi connectivity index (χ2v) is 6.05. The highest BCUT2D eigenvalue weighted by Crippen LogP contribution is 2.33. The molecule has 0 unspecified atom stereocenters. The van der Waals surface area contributed by atoms with Crippen LogP contribution in [0, 0.1) is 13.8 Å². The molecule has 126 valence electrons. The summed E-state index contributed by atoms with van der Waals surface area (Å²) in [5, 5.41) is 2.89. The molecule has 3 rings (SSSR count). The summed E-state index contributed by atoms with van der Waals surface area (Å²) < 4.78 is 5.55. The van der Waals surface area contributed by atoms with Crippen molar-refractivity contribution in [3.05, 3.63) is 83.4 Å². The summed E-state index contributed by atoms with van der Waals surface area (Å²) in [5.74, 6) is 0.532. The quantitative estimate of drug-likeness (QED) is 0.711. The van der Waals surface area contributed by atoms with Crippen molar-refractivity contribution >= 4 is 11.6 Å². The Labute approximate surface area is 148 Å². The van der Waals surface area contributed by atoms with Crippen LogP contribution in [0.5, 0.6) is 5.75 Å². The third-order valence-corrected chi connectivity index (χ3v) is 4.17. The summed E-state index contributed by atoms with van der Waals surface area (Å²) in [7, 11) is 1.63. The number of para-hydroxylation sites is 1. The first kappa shape index (κ1) is 16.8. The molecule has 0 radical (unpaired) electrons. The second kappa shape index (κ2) is 7.22. The van der Waals surface area contributed by atoms with Gasteiger partial charge in [-0.25, -0.2) is 0 Å². The molecule has 0 bridgehead atoms. The van der Waals surface area contributed by atoms with Crippen molar-refractivity contribution in [1.29, 1.82) is 0 Å². The molecule has 3 aromatic carbocycles. The van der Waals surface area contributed by atoms with Crippen LogP contribution in [0.2, 0.25) is 0 Å². The minimum atomic E-state index is -0.156. The first-order valence-corrected chi connectivity index (χ1v) is 8.20. The van der Waals surface area contributed by atoms with Gasteiger partial charge >= 0.3 is 0 Å². The number of ether oxygens (including phenoxy) is 1. The molecule has 3 heteroatoms. The molecule has 0 saturated carbocycles. The fourth-order valence-corrected chi connectivity index (χ4v) is 2.90. The van der Waals surface area contributed by atoms with Gasteiger partial charge in [-0.05, 0) is 55.3 Å². The highest BCUT2D eigenvalue weighted by Gasteiger charge is 2.13. The summed E-state index contributed by atoms with van der Waals surface area (Å²) >= 11 is 0. The zero-order valence-corrected chi connectivity index (χ0v) is 14.7. The van der Waals surface area contributed by atoms with Gasteiger partial charge in [-0.15, -0.1) is 0 Å². The van der Waals surface area contributed by atoms with Gasteiger partial charge in [0.25, 0.3) is 5.91 Å². The van der Waals surface area contributed by atoms with Crippen molar-refractivity contribution < 1.29 is 9.53 Å². The first-order chi connectivity index (χ1) is 12.1. The van der Waals surface area contributed by atoms with Crippen LogP contribution in [0.25, 0.3) is 11.1 Å². The molecule has 0 aliphatic rings. The minimum absolute atomic E-state index is 0.156. The largest absolute Gasteiger partial charge is 0.496 e. The molecule has 0 aliphatic carbocycles. The smallest absolute Gasteiger partial charge is 0.255 e. The zero-order chi connectivity index (χ0) is 17.8. The van der Waals surface area contributed by atoms with Gasteiger partial charge in [0.1, 0.15) is 5.75 Å². The van der Waals surface area contributed by atoms with Gasteiger partial charge in [0.15, 0.2) is 0 Å². The van der Waals surface area contributed by atoms with Crippen LogP contribution in [0.1, 0.15) is 21.5 Å². The molecule has 0 heterocycles. The van der Waals surface area contributed by atoms with E-state index in [9.17, 15) is 4.79 Å². The first-order valence-electron chi connectivity index (χ1n) is 8.20. The molecule has 0 spiro atoms. The van der Waals surface area contributed by atoms with Crippen molar-refractivity contribution in [2.45, 2.75) is 13.8 Å². The number of rotatable bonds is 4. The van der Waals surface area contributed by atoms with Crippen LogP contribution in [-0.4, -0.2) is 13.0 Å². The Morgan fingerprint density at radius 1 is 0.880 bits per heavy atom. The second-order valence-electron chi connectivity index (χ2n) is 6.05. The Kier molecular flexibility index (Phi) is 4.85. The molecule has 25 heavy (non-hydrogen) atoms. The van der Waals surface area contributed by atoms with E-state index in [-0.39, 0.29) is 5.91 Å². The van der Waals surface area contributed by atoms with E-state index in [1.54, 1.807) is 13.2 Å². The number of benzene rings is 3. The molecule has 0 fully saturated rings. The Balaban J connectivity index is 1.93. The summed E-state index contributed by atoms with van der Waals surface area (Å²) in [4.78, 5) is 12.5. The lowest BCUT2D eigenvalue weighted by atomic mass is 9.97. The average molecular weight is 331 g/mol. The molecular formula is C22H21NO2. The standard InChI is InChI=1S/C22H21NO2/c1-15-9-11-19(16(2)13-15)20-12-10-17(14-21(20)25-3)22(24)23-18-7-5-4-6-8-18/h4-14H,1-3H3,(H,23,24). The average Bonchev–Trinajstić information content (AvgIpc) is 2.62. The van der Waals surface area contributed by atoms with E-state index in [0.29, 0.717) is 11.3 Å². The maximum atomic E-state index is 12.5. The topological polar surface area (TPSA) is 38.3 Å². The van der Waals surface area contributed by atoms with E-state index < -0.39 is 0 Å². The Bertz CT molecular complexity index is 901. The Morgan fingerprint density at radius 3 is 2.28 bits per heavy atom. The summed E-state index contributed by atoms with van der Waals surface area (Å²) in [6.07, 6.45) is 0. The maximum Gasteiger partial charge on any atom is 0.255 e. The molecule has 0 aliphatic heterocycles. The molecule has 3 aromatic rings. The zero-order valence-electron chi connectivity index (χ0n) is 14.7. The van der Waals surface area contributed by atoms with Gasteiger partial charge in [-0.1, -0.05) is 42.0 Å². The van der Waals surface area contributed by atoms with Crippen LogP contribution < -0.4 is 10.1 Å². The molecule has 1 amide bonds. The maximum absolute atomic E-state index is 12.5. The lowest BCUT2D eigenvalue weighted by Gasteiger charge is -2.13. The Hall–Kier alpha value is -3.07. The summed E-state index contributed by atoms with van der Waals surface area (Å²) in [5.41, 5.74) is 5.83. The number of hydrogen-bond donors (Lipinski definition) is 1. The van der Waals surface area contributed by atoms with Gasteiger partial charge in [-0.3, -0.25) is 4.79 Å². The highest BCUT2D eigenvalue weighted by molar-refractivity contribution is 6.05. The SMILES string of the molecule is COc1cc(C(=O)Nc2ccccc2)ccc1-c1ccc(C)cc1C. The Morgan fingerprint density at radius 2 is 1.60 bits per heavy atom. The number of carbonyl (C=O) groups is 1. The van der Waals surface area contributed by atoms with Gasteiger partial charge in [0, 0.05) is 16.8 Å². The van der Waals surface area contributed by atoms with E-state index in [4.69, 9.17) is 4.74 Å². The van der Waals surface area contributed by atoms with E-state index in [2.05, 4.69) is 37.4 Å². The number of amides is 1. The van der Waals surface area contributed by atoms with Gasteiger partial charge in [0.05, 0.1) is 7.11 Å². The third-order valence-electron chi connectivity index (χ3n) is 4.17. The number of anilines is 1. The van der Waals surface area contributed by atoms with Crippen molar-refractivity contribution in [2.24, 2.45) is 0 Å². The van der Waals surface area contributed by atoms with Crippen molar-refractivity contribution in [3.63, 3.8) is 0 Å². The van der Waals surface area contributed by atoms with Crippen LogP contribution in [0.4, 0.5) is 5.69 Å². The molecular weight excluding hydrogens is 310 g/mol. The van der Waals surface area contributed by atoms with Crippen molar-refractivity contribution in [2.75, 3.05) is 12.4 Å². The lowest BCUT2D eigenvalue weighted by molar-refractivity contribution is 0.102. The van der Waals surface area contributed by atoms with Crippen molar-refractivity contribution in [3.8, 4) is 16.9 Å². The fraction of sp³-hybridized carbons (Fsp3) is 0.136. The van der Waals surface area contributed by atoms with Crippen LogP contribution >= 0.6 is 0 Å². The van der Waals surface area contributed by atoms with E-state index >= 15 is 0 Å². The molecule has 1 N–H and O–H groups in total. The highest BCUT2D eigenvalue weighted by atomic mass is 16.5. The van der Waals surface area contributed by atoms with Gasteiger partial charge < -0.3 is 10.1 Å². The predicted octanol–water partition coefficient (Wildman–Crippen LogP) is 5.23. The normalized spacial score (nSPS) is 10.4. The minimum Gasteiger partial charge on any atom is -0.496 e. The third kappa shape index (κ3) is 3.72. The fourth-order valence-electron chi connectivity index (χ4n) is 2.90.